The van der Waals surface area contributed by atoms with Crippen LogP contribution in [0.25, 0.3) is 0 Å². The fraction of sp³-hybridized carbons (Fsp3) is 0.571. The number of benzene rings is 1. The molecule has 2 N–H and O–H groups in total. The Labute approximate surface area is 166 Å². The van der Waals surface area contributed by atoms with Gasteiger partial charge in [0.2, 0.25) is 0 Å². The van der Waals surface area contributed by atoms with Crippen LogP contribution < -0.4 is 10.6 Å². The molecule has 0 saturated carbocycles. The molecule has 0 radical (unpaired) electrons. The molecular weight excluding hydrogens is 352 g/mol. The molecule has 0 bridgehead atoms. The highest BCUT2D eigenvalue weighted by Crippen LogP contribution is 2.21. The van der Waals surface area contributed by atoms with E-state index in [-0.39, 0.29) is 11.9 Å². The van der Waals surface area contributed by atoms with Gasteiger partial charge in [0.05, 0.1) is 11.7 Å². The molecule has 2 aliphatic rings. The van der Waals surface area contributed by atoms with Crippen molar-refractivity contribution in [3.63, 3.8) is 0 Å². The predicted molar refractivity (Wildman–Crippen MR) is 108 cm³/mol. The number of nitrogens with one attached hydrogen (secondary N) is 2. The Balaban J connectivity index is 1.34. The lowest BCUT2D eigenvalue weighted by molar-refractivity contribution is 0.0926. The summed E-state index contributed by atoms with van der Waals surface area (Å²) in [6.07, 6.45) is 3.12. The maximum absolute atomic E-state index is 12.7. The molecule has 3 heterocycles. The smallest absolute Gasteiger partial charge is 0.273 e. The predicted octanol–water partition coefficient (Wildman–Crippen LogP) is 1.69. The number of hydrogen-bond donors (Lipinski definition) is 2. The number of amides is 1. The molecule has 1 atom stereocenters. The number of aromatic nitrogens is 3. The van der Waals surface area contributed by atoms with E-state index in [1.165, 1.54) is 11.1 Å². The third-order valence-electron chi connectivity index (χ3n) is 6.14. The van der Waals surface area contributed by atoms with Crippen molar-refractivity contribution in [1.82, 2.24) is 30.5 Å². The second kappa shape index (κ2) is 8.41. The Bertz CT molecular complexity index is 826. The van der Waals surface area contributed by atoms with Gasteiger partial charge in [-0.25, -0.2) is 4.68 Å². The van der Waals surface area contributed by atoms with Crippen molar-refractivity contribution < 1.29 is 4.79 Å². The molecule has 0 aliphatic carbocycles. The van der Waals surface area contributed by atoms with E-state index in [2.05, 4.69) is 57.0 Å². The summed E-state index contributed by atoms with van der Waals surface area (Å²) in [6, 6.07) is 9.24. The van der Waals surface area contributed by atoms with Gasteiger partial charge in [0.15, 0.2) is 5.69 Å². The number of nitrogens with zero attached hydrogens (tertiary/aromatic N) is 4. The maximum Gasteiger partial charge on any atom is 0.273 e. The highest BCUT2D eigenvalue weighted by Gasteiger charge is 2.24. The van der Waals surface area contributed by atoms with E-state index < -0.39 is 0 Å². The first-order chi connectivity index (χ1) is 13.6. The van der Waals surface area contributed by atoms with Gasteiger partial charge in [0.1, 0.15) is 0 Å². The van der Waals surface area contributed by atoms with E-state index in [0.717, 1.165) is 51.1 Å². The average Bonchev–Trinajstić information content (AvgIpc) is 3.13. The maximum atomic E-state index is 12.7. The number of fused-ring (bicyclic) bond motifs is 1. The van der Waals surface area contributed by atoms with Gasteiger partial charge in [-0.15, -0.1) is 5.10 Å². The van der Waals surface area contributed by atoms with Crippen LogP contribution in [0.15, 0.2) is 24.3 Å². The van der Waals surface area contributed by atoms with Crippen molar-refractivity contribution >= 4 is 5.91 Å². The van der Waals surface area contributed by atoms with Crippen molar-refractivity contribution in [3.8, 4) is 0 Å². The third-order valence-corrected chi connectivity index (χ3v) is 6.14. The standard InChI is InChI=1S/C21H30N6O/c1-15(26-12-9-17-5-3-4-6-18(17)14-26)13-23-21(28)20-16(2)27(25-24-20)19-7-10-22-11-8-19/h3-6,15,19,22H,7-14H2,1-2H3,(H,23,28). The first-order valence-electron chi connectivity index (χ1n) is 10.3. The van der Waals surface area contributed by atoms with E-state index in [1.54, 1.807) is 0 Å². The lowest BCUT2D eigenvalue weighted by atomic mass is 9.99. The second-order valence-corrected chi connectivity index (χ2v) is 8.00. The van der Waals surface area contributed by atoms with Crippen LogP contribution in [0, 0.1) is 6.92 Å². The zero-order chi connectivity index (χ0) is 19.5. The van der Waals surface area contributed by atoms with Gasteiger partial charge < -0.3 is 10.6 Å². The number of carbonyl (C=O) groups is 1. The summed E-state index contributed by atoms with van der Waals surface area (Å²) >= 11 is 0. The first kappa shape index (κ1) is 19.1. The molecular formula is C21H30N6O. The summed E-state index contributed by atoms with van der Waals surface area (Å²) in [5, 5.41) is 14.9. The van der Waals surface area contributed by atoms with Gasteiger partial charge in [-0.3, -0.25) is 9.69 Å². The number of piperidine rings is 1. The lowest BCUT2D eigenvalue weighted by Gasteiger charge is -2.33. The summed E-state index contributed by atoms with van der Waals surface area (Å²) < 4.78 is 1.93. The minimum atomic E-state index is -0.123. The van der Waals surface area contributed by atoms with Crippen molar-refractivity contribution in [3.05, 3.63) is 46.8 Å². The zero-order valence-electron chi connectivity index (χ0n) is 16.8. The minimum absolute atomic E-state index is 0.123. The third kappa shape index (κ3) is 3.95. The molecule has 28 heavy (non-hydrogen) atoms. The van der Waals surface area contributed by atoms with E-state index in [4.69, 9.17) is 0 Å². The van der Waals surface area contributed by atoms with Gasteiger partial charge in [-0.05, 0) is 57.3 Å². The molecule has 2 aliphatic heterocycles. The molecule has 7 nitrogen and oxygen atoms in total. The minimum Gasteiger partial charge on any atom is -0.349 e. The molecule has 1 amide bonds. The monoisotopic (exact) mass is 382 g/mol. The number of carbonyl (C=O) groups excluding carboxylic acids is 1. The summed E-state index contributed by atoms with van der Waals surface area (Å²) in [5.41, 5.74) is 4.16. The highest BCUT2D eigenvalue weighted by atomic mass is 16.2. The summed E-state index contributed by atoms with van der Waals surface area (Å²) in [5.74, 6) is -0.123. The molecule has 2 aromatic rings. The Hall–Kier alpha value is -2.25. The Morgan fingerprint density at radius 1 is 1.29 bits per heavy atom. The van der Waals surface area contributed by atoms with Crippen LogP contribution in [0.1, 0.15) is 53.1 Å². The SMILES string of the molecule is Cc1c(C(=O)NCC(C)N2CCc3ccccc3C2)nnn1C1CCNCC1. The molecule has 1 saturated heterocycles. The Morgan fingerprint density at radius 2 is 2.04 bits per heavy atom. The van der Waals surface area contributed by atoms with Crippen molar-refractivity contribution in [2.45, 2.75) is 51.7 Å². The largest absolute Gasteiger partial charge is 0.349 e. The van der Waals surface area contributed by atoms with Crippen LogP contribution in [0.4, 0.5) is 0 Å². The molecule has 1 unspecified atom stereocenters. The lowest BCUT2D eigenvalue weighted by Crippen LogP contribution is -2.44. The number of hydrogen-bond acceptors (Lipinski definition) is 5. The van der Waals surface area contributed by atoms with Crippen LogP contribution in [0.5, 0.6) is 0 Å². The van der Waals surface area contributed by atoms with Gasteiger partial charge in [0.25, 0.3) is 5.91 Å². The summed E-state index contributed by atoms with van der Waals surface area (Å²) in [6.45, 7) is 8.68. The topological polar surface area (TPSA) is 75.1 Å². The van der Waals surface area contributed by atoms with Crippen LogP contribution in [-0.4, -0.2) is 58.0 Å². The van der Waals surface area contributed by atoms with E-state index in [1.807, 2.05) is 11.6 Å². The van der Waals surface area contributed by atoms with Gasteiger partial charge >= 0.3 is 0 Å². The molecule has 4 rings (SSSR count). The second-order valence-electron chi connectivity index (χ2n) is 8.00. The summed E-state index contributed by atoms with van der Waals surface area (Å²) in [4.78, 5) is 15.1. The highest BCUT2D eigenvalue weighted by molar-refractivity contribution is 5.93. The fourth-order valence-electron chi connectivity index (χ4n) is 4.30. The van der Waals surface area contributed by atoms with Crippen LogP contribution in [0.2, 0.25) is 0 Å². The Morgan fingerprint density at radius 3 is 2.82 bits per heavy atom. The zero-order valence-corrected chi connectivity index (χ0v) is 16.8. The molecule has 1 fully saturated rings. The van der Waals surface area contributed by atoms with Crippen LogP contribution >= 0.6 is 0 Å². The van der Waals surface area contributed by atoms with Crippen molar-refractivity contribution in [2.75, 3.05) is 26.2 Å². The molecule has 1 aromatic carbocycles. The van der Waals surface area contributed by atoms with Gasteiger partial charge in [-0.1, -0.05) is 29.5 Å². The van der Waals surface area contributed by atoms with Crippen LogP contribution in [-0.2, 0) is 13.0 Å². The molecule has 0 spiro atoms. The van der Waals surface area contributed by atoms with E-state index >= 15 is 0 Å². The van der Waals surface area contributed by atoms with E-state index in [9.17, 15) is 4.79 Å². The van der Waals surface area contributed by atoms with Gasteiger partial charge in [-0.2, -0.15) is 0 Å². The van der Waals surface area contributed by atoms with Crippen molar-refractivity contribution in [2.24, 2.45) is 0 Å². The molecule has 1 aromatic heterocycles. The quantitative estimate of drug-likeness (QED) is 0.823. The fourth-order valence-corrected chi connectivity index (χ4v) is 4.30. The summed E-state index contributed by atoms with van der Waals surface area (Å²) in [7, 11) is 0. The van der Waals surface area contributed by atoms with Gasteiger partial charge in [0, 0.05) is 25.7 Å². The first-order valence-corrected chi connectivity index (χ1v) is 10.3. The molecule has 150 valence electrons. The normalized spacial score (nSPS) is 19.2. The van der Waals surface area contributed by atoms with Crippen LogP contribution in [0.3, 0.4) is 0 Å². The average molecular weight is 383 g/mol. The molecule has 7 heteroatoms. The number of rotatable bonds is 5. The van der Waals surface area contributed by atoms with E-state index in [0.29, 0.717) is 18.3 Å². The van der Waals surface area contributed by atoms with Crippen molar-refractivity contribution in [1.29, 1.82) is 0 Å². The Kier molecular flexibility index (Phi) is 5.73.